The number of aliphatic imine (C=N–C) groups is 1. The van der Waals surface area contributed by atoms with E-state index in [4.69, 9.17) is 4.99 Å². The molecule has 0 aliphatic carbocycles. The van der Waals surface area contributed by atoms with E-state index in [0.717, 1.165) is 25.6 Å². The van der Waals surface area contributed by atoms with Gasteiger partial charge in [0.25, 0.3) is 0 Å². The Bertz CT molecular complexity index is 549. The lowest BCUT2D eigenvalue weighted by atomic mass is 10.0. The van der Waals surface area contributed by atoms with Crippen LogP contribution in [0, 0.1) is 5.92 Å². The van der Waals surface area contributed by atoms with Crippen LogP contribution in [0.5, 0.6) is 0 Å². The Balaban J connectivity index is 1.36. The third-order valence-corrected chi connectivity index (χ3v) is 6.43. The molecule has 1 heterocycles. The zero-order chi connectivity index (χ0) is 21.3. The molecule has 30 heavy (non-hydrogen) atoms. The molecule has 1 aliphatic heterocycles. The molecule has 0 atom stereocenters. The summed E-state index contributed by atoms with van der Waals surface area (Å²) in [6.07, 6.45) is 21.2. The van der Waals surface area contributed by atoms with Crippen LogP contribution in [0.25, 0.3) is 0 Å². The first-order chi connectivity index (χ1) is 14.8. The Morgan fingerprint density at radius 2 is 1.27 bits per heavy atom. The maximum Gasteiger partial charge on any atom is 0.0993 e. The van der Waals surface area contributed by atoms with Gasteiger partial charge in [-0.3, -0.25) is 4.99 Å². The second-order valence-electron chi connectivity index (χ2n) is 9.73. The SMILES string of the molecule is CC(C)CCCCCCCCCCCCCCCC1=NCCN1Cc1ccccc1. The zero-order valence-corrected chi connectivity index (χ0v) is 20.1. The predicted octanol–water partition coefficient (Wildman–Crippen LogP) is 8.41. The van der Waals surface area contributed by atoms with Crippen molar-refractivity contribution in [2.24, 2.45) is 10.9 Å². The molecule has 0 amide bonds. The van der Waals surface area contributed by atoms with Gasteiger partial charge in [0.15, 0.2) is 0 Å². The molecule has 2 nitrogen and oxygen atoms in total. The average molecular weight is 413 g/mol. The van der Waals surface area contributed by atoms with E-state index in [1.165, 1.54) is 108 Å². The van der Waals surface area contributed by atoms with Crippen LogP contribution >= 0.6 is 0 Å². The summed E-state index contributed by atoms with van der Waals surface area (Å²) in [6, 6.07) is 10.8. The maximum atomic E-state index is 4.76. The molecule has 0 saturated heterocycles. The van der Waals surface area contributed by atoms with E-state index in [2.05, 4.69) is 49.1 Å². The first kappa shape index (κ1) is 25.0. The van der Waals surface area contributed by atoms with Crippen molar-refractivity contribution >= 4 is 5.84 Å². The smallest absolute Gasteiger partial charge is 0.0993 e. The molecule has 2 heteroatoms. The molecule has 0 aromatic heterocycles. The minimum atomic E-state index is 0.885. The fourth-order valence-electron chi connectivity index (χ4n) is 4.52. The molecule has 0 radical (unpaired) electrons. The van der Waals surface area contributed by atoms with E-state index in [1.54, 1.807) is 0 Å². The van der Waals surface area contributed by atoms with Gasteiger partial charge in [-0.2, -0.15) is 0 Å². The summed E-state index contributed by atoms with van der Waals surface area (Å²) in [5.41, 5.74) is 1.40. The summed E-state index contributed by atoms with van der Waals surface area (Å²) in [5.74, 6) is 2.24. The van der Waals surface area contributed by atoms with E-state index in [0.29, 0.717) is 0 Å². The van der Waals surface area contributed by atoms with Crippen LogP contribution in [0.15, 0.2) is 35.3 Å². The zero-order valence-electron chi connectivity index (χ0n) is 20.1. The number of benzene rings is 1. The van der Waals surface area contributed by atoms with Gasteiger partial charge in [0.2, 0.25) is 0 Å². The van der Waals surface area contributed by atoms with Gasteiger partial charge in [0.05, 0.1) is 12.4 Å². The van der Waals surface area contributed by atoms with Crippen molar-refractivity contribution in [2.75, 3.05) is 13.1 Å². The van der Waals surface area contributed by atoms with E-state index in [9.17, 15) is 0 Å². The molecule has 1 aliphatic rings. The van der Waals surface area contributed by atoms with E-state index in [-0.39, 0.29) is 0 Å². The van der Waals surface area contributed by atoms with Gasteiger partial charge in [-0.05, 0) is 17.9 Å². The van der Waals surface area contributed by atoms with E-state index in [1.807, 2.05) is 0 Å². The molecule has 1 aromatic rings. The highest BCUT2D eigenvalue weighted by Crippen LogP contribution is 2.16. The number of hydrogen-bond donors (Lipinski definition) is 0. The highest BCUT2D eigenvalue weighted by Gasteiger charge is 2.16. The molecular weight excluding hydrogens is 364 g/mol. The molecule has 0 N–H and O–H groups in total. The molecule has 0 spiro atoms. The van der Waals surface area contributed by atoms with Gasteiger partial charge in [-0.25, -0.2) is 0 Å². The Morgan fingerprint density at radius 1 is 0.733 bits per heavy atom. The fourth-order valence-corrected chi connectivity index (χ4v) is 4.52. The van der Waals surface area contributed by atoms with Crippen LogP contribution in [-0.2, 0) is 6.54 Å². The number of hydrogen-bond acceptors (Lipinski definition) is 2. The summed E-state index contributed by atoms with van der Waals surface area (Å²) >= 11 is 0. The summed E-state index contributed by atoms with van der Waals surface area (Å²) in [5, 5.41) is 0. The highest BCUT2D eigenvalue weighted by molar-refractivity contribution is 5.83. The lowest BCUT2D eigenvalue weighted by Gasteiger charge is -2.20. The second-order valence-corrected chi connectivity index (χ2v) is 9.73. The topological polar surface area (TPSA) is 15.6 Å². The van der Waals surface area contributed by atoms with Gasteiger partial charge in [-0.15, -0.1) is 0 Å². The summed E-state index contributed by atoms with van der Waals surface area (Å²) in [7, 11) is 0. The number of nitrogens with zero attached hydrogens (tertiary/aromatic N) is 2. The molecular formula is C28H48N2. The van der Waals surface area contributed by atoms with Crippen LogP contribution in [0.3, 0.4) is 0 Å². The second kappa shape index (κ2) is 16.4. The van der Waals surface area contributed by atoms with E-state index < -0.39 is 0 Å². The van der Waals surface area contributed by atoms with Crippen LogP contribution in [0.2, 0.25) is 0 Å². The number of rotatable bonds is 18. The van der Waals surface area contributed by atoms with E-state index >= 15 is 0 Å². The van der Waals surface area contributed by atoms with Crippen molar-refractivity contribution in [1.82, 2.24) is 4.90 Å². The lowest BCUT2D eigenvalue weighted by molar-refractivity contribution is 0.440. The molecule has 0 fully saturated rings. The van der Waals surface area contributed by atoms with Crippen molar-refractivity contribution in [3.05, 3.63) is 35.9 Å². The van der Waals surface area contributed by atoms with Gasteiger partial charge in [-0.1, -0.05) is 128 Å². The Hall–Kier alpha value is -1.31. The monoisotopic (exact) mass is 412 g/mol. The van der Waals surface area contributed by atoms with Crippen LogP contribution < -0.4 is 0 Å². The minimum Gasteiger partial charge on any atom is -0.354 e. The molecule has 0 unspecified atom stereocenters. The van der Waals surface area contributed by atoms with Crippen LogP contribution in [-0.4, -0.2) is 23.8 Å². The van der Waals surface area contributed by atoms with Crippen molar-refractivity contribution in [1.29, 1.82) is 0 Å². The summed E-state index contributed by atoms with van der Waals surface area (Å²) in [6.45, 7) is 7.79. The normalized spacial score (nSPS) is 14.0. The quantitative estimate of drug-likeness (QED) is 0.221. The number of amidine groups is 1. The molecule has 0 bridgehead atoms. The average Bonchev–Trinajstić information content (AvgIpc) is 3.18. The lowest BCUT2D eigenvalue weighted by Crippen LogP contribution is -2.27. The summed E-state index contributed by atoms with van der Waals surface area (Å²) < 4.78 is 0. The third-order valence-electron chi connectivity index (χ3n) is 6.43. The molecule has 1 aromatic carbocycles. The van der Waals surface area contributed by atoms with Gasteiger partial charge in [0.1, 0.15) is 0 Å². The third kappa shape index (κ3) is 11.8. The standard InChI is InChI=1S/C28H48N2/c1-26(2)19-15-12-10-8-6-4-3-5-7-9-11-13-18-22-28-29-23-24-30(28)25-27-20-16-14-17-21-27/h14,16-17,20-21,26H,3-13,15,18-19,22-25H2,1-2H3. The van der Waals surface area contributed by atoms with Crippen molar-refractivity contribution < 1.29 is 0 Å². The minimum absolute atomic E-state index is 0.885. The Labute approximate surface area is 187 Å². The van der Waals surface area contributed by atoms with Crippen molar-refractivity contribution in [3.63, 3.8) is 0 Å². The number of unbranched alkanes of at least 4 members (excludes halogenated alkanes) is 12. The largest absolute Gasteiger partial charge is 0.354 e. The van der Waals surface area contributed by atoms with Crippen molar-refractivity contribution in [2.45, 2.75) is 117 Å². The van der Waals surface area contributed by atoms with Gasteiger partial charge < -0.3 is 4.90 Å². The van der Waals surface area contributed by atoms with Crippen molar-refractivity contribution in [3.8, 4) is 0 Å². The van der Waals surface area contributed by atoms with Crippen LogP contribution in [0.1, 0.15) is 116 Å². The molecule has 0 saturated carbocycles. The van der Waals surface area contributed by atoms with Gasteiger partial charge in [0, 0.05) is 19.5 Å². The van der Waals surface area contributed by atoms with Gasteiger partial charge >= 0.3 is 0 Å². The first-order valence-electron chi connectivity index (χ1n) is 13.1. The van der Waals surface area contributed by atoms with Crippen LogP contribution in [0.4, 0.5) is 0 Å². The Kier molecular flexibility index (Phi) is 13.6. The highest BCUT2D eigenvalue weighted by atomic mass is 15.2. The first-order valence-corrected chi connectivity index (χ1v) is 13.1. The Morgan fingerprint density at radius 3 is 1.83 bits per heavy atom. The predicted molar refractivity (Wildman–Crippen MR) is 133 cm³/mol. The summed E-state index contributed by atoms with van der Waals surface area (Å²) in [4.78, 5) is 7.25. The molecule has 2 rings (SSSR count). The molecule has 170 valence electrons. The maximum absolute atomic E-state index is 4.76. The fraction of sp³-hybridized carbons (Fsp3) is 0.750.